The Kier molecular flexibility index (Phi) is 3.67. The van der Waals surface area contributed by atoms with Gasteiger partial charge in [0.15, 0.2) is 0 Å². The van der Waals surface area contributed by atoms with E-state index >= 15 is 0 Å². The number of esters is 1. The predicted octanol–water partition coefficient (Wildman–Crippen LogP) is 2.48. The maximum absolute atomic E-state index is 12.2. The number of hydrogen-bond donors (Lipinski definition) is 1. The largest absolute Gasteiger partial charge is 0.467 e. The van der Waals surface area contributed by atoms with Gasteiger partial charge in [-0.2, -0.15) is 0 Å². The van der Waals surface area contributed by atoms with Crippen LogP contribution in [0.4, 0.5) is 0 Å². The number of carbonyl (C=O) groups is 2. The van der Waals surface area contributed by atoms with Crippen LogP contribution in [0.25, 0.3) is 11.1 Å². The average molecular weight is 295 g/mol. The molecule has 4 nitrogen and oxygen atoms in total. The Morgan fingerprint density at radius 2 is 1.50 bits per heavy atom. The van der Waals surface area contributed by atoms with E-state index in [0.29, 0.717) is 0 Å². The van der Waals surface area contributed by atoms with Gasteiger partial charge in [-0.25, -0.2) is 4.79 Å². The molecule has 2 aromatic rings. The SMILES string of the molecule is COC(=O)[C@@H](NC(C)=O)C1c2ccccc2-c2ccccc21. The quantitative estimate of drug-likeness (QED) is 0.885. The van der Waals surface area contributed by atoms with Crippen LogP contribution >= 0.6 is 0 Å². The number of nitrogens with one attached hydrogen (secondary N) is 1. The first kappa shape index (κ1) is 14.3. The molecule has 0 saturated carbocycles. The zero-order valence-corrected chi connectivity index (χ0v) is 12.5. The van der Waals surface area contributed by atoms with Gasteiger partial charge in [-0.3, -0.25) is 4.79 Å². The van der Waals surface area contributed by atoms with Crippen LogP contribution in [0.1, 0.15) is 24.0 Å². The van der Waals surface area contributed by atoms with Crippen LogP contribution in [0.3, 0.4) is 0 Å². The minimum Gasteiger partial charge on any atom is -0.467 e. The fourth-order valence-corrected chi connectivity index (χ4v) is 3.18. The molecule has 1 N–H and O–H groups in total. The molecule has 0 aliphatic heterocycles. The van der Waals surface area contributed by atoms with E-state index in [1.54, 1.807) is 0 Å². The van der Waals surface area contributed by atoms with E-state index in [1.807, 2.05) is 48.5 Å². The highest BCUT2D eigenvalue weighted by Gasteiger charge is 2.38. The molecule has 3 rings (SSSR count). The molecule has 1 aliphatic rings. The molecule has 1 atom stereocenters. The molecule has 0 unspecified atom stereocenters. The van der Waals surface area contributed by atoms with E-state index in [9.17, 15) is 9.59 Å². The van der Waals surface area contributed by atoms with Crippen molar-refractivity contribution < 1.29 is 14.3 Å². The Bertz CT molecular complexity index is 693. The molecule has 112 valence electrons. The molecule has 4 heteroatoms. The molecule has 0 heterocycles. The van der Waals surface area contributed by atoms with Gasteiger partial charge in [0.1, 0.15) is 6.04 Å². The van der Waals surface area contributed by atoms with Crippen molar-refractivity contribution in [1.29, 1.82) is 0 Å². The summed E-state index contributed by atoms with van der Waals surface area (Å²) in [6, 6.07) is 15.2. The lowest BCUT2D eigenvalue weighted by molar-refractivity contribution is -0.145. The van der Waals surface area contributed by atoms with Gasteiger partial charge in [0.05, 0.1) is 7.11 Å². The van der Waals surface area contributed by atoms with E-state index in [0.717, 1.165) is 22.3 Å². The number of fused-ring (bicyclic) bond motifs is 3. The first-order chi connectivity index (χ1) is 10.6. The van der Waals surface area contributed by atoms with Crippen LogP contribution < -0.4 is 5.32 Å². The molecule has 0 bridgehead atoms. The van der Waals surface area contributed by atoms with E-state index in [-0.39, 0.29) is 11.8 Å². The number of carbonyl (C=O) groups excluding carboxylic acids is 2. The minimum absolute atomic E-state index is 0.233. The van der Waals surface area contributed by atoms with E-state index in [1.165, 1.54) is 14.0 Å². The summed E-state index contributed by atoms with van der Waals surface area (Å²) >= 11 is 0. The van der Waals surface area contributed by atoms with Gasteiger partial charge in [0.25, 0.3) is 0 Å². The maximum atomic E-state index is 12.2. The van der Waals surface area contributed by atoms with Crippen LogP contribution in [0, 0.1) is 0 Å². The summed E-state index contributed by atoms with van der Waals surface area (Å²) in [5.74, 6) is -0.923. The minimum atomic E-state index is -0.729. The molecular formula is C18H17NO3. The molecule has 0 spiro atoms. The highest BCUT2D eigenvalue weighted by molar-refractivity contribution is 5.88. The van der Waals surface area contributed by atoms with Crippen molar-refractivity contribution in [3.05, 3.63) is 59.7 Å². The second-order valence-electron chi connectivity index (χ2n) is 5.35. The van der Waals surface area contributed by atoms with Crippen molar-refractivity contribution in [2.45, 2.75) is 18.9 Å². The van der Waals surface area contributed by atoms with E-state index < -0.39 is 12.0 Å². The van der Waals surface area contributed by atoms with Gasteiger partial charge >= 0.3 is 5.97 Å². The lowest BCUT2D eigenvalue weighted by Gasteiger charge is -2.24. The van der Waals surface area contributed by atoms with Crippen molar-refractivity contribution in [3.63, 3.8) is 0 Å². The third-order valence-electron chi connectivity index (χ3n) is 4.03. The highest BCUT2D eigenvalue weighted by atomic mass is 16.5. The highest BCUT2D eigenvalue weighted by Crippen LogP contribution is 2.46. The average Bonchev–Trinajstić information content (AvgIpc) is 2.86. The van der Waals surface area contributed by atoms with Crippen molar-refractivity contribution in [1.82, 2.24) is 5.32 Å². The normalized spacial score (nSPS) is 13.9. The van der Waals surface area contributed by atoms with Crippen LogP contribution in [0.15, 0.2) is 48.5 Å². The Hall–Kier alpha value is -2.62. The Morgan fingerprint density at radius 1 is 1.00 bits per heavy atom. The van der Waals surface area contributed by atoms with Crippen LogP contribution in [-0.4, -0.2) is 25.0 Å². The zero-order valence-electron chi connectivity index (χ0n) is 12.5. The van der Waals surface area contributed by atoms with Crippen LogP contribution in [0.5, 0.6) is 0 Å². The van der Waals surface area contributed by atoms with E-state index in [2.05, 4.69) is 5.32 Å². The fourth-order valence-electron chi connectivity index (χ4n) is 3.18. The lowest BCUT2D eigenvalue weighted by Crippen LogP contribution is -2.44. The standard InChI is InChI=1S/C18H17NO3/c1-11(20)19-17(18(21)22-2)16-14-9-5-3-7-12(14)13-8-4-6-10-15(13)16/h3-10,16-17H,1-2H3,(H,19,20)/t17-/m0/s1. The Morgan fingerprint density at radius 3 is 1.95 bits per heavy atom. The monoisotopic (exact) mass is 295 g/mol. The predicted molar refractivity (Wildman–Crippen MR) is 83.3 cm³/mol. The third kappa shape index (κ3) is 2.26. The molecule has 0 radical (unpaired) electrons. The number of rotatable bonds is 3. The van der Waals surface area contributed by atoms with Gasteiger partial charge in [0.2, 0.25) is 5.91 Å². The molecule has 0 fully saturated rings. The fraction of sp³-hybridized carbons (Fsp3) is 0.222. The summed E-state index contributed by atoms with van der Waals surface area (Å²) in [6.07, 6.45) is 0. The van der Waals surface area contributed by atoms with Crippen molar-refractivity contribution in [2.75, 3.05) is 7.11 Å². The maximum Gasteiger partial charge on any atom is 0.329 e. The van der Waals surface area contributed by atoms with Gasteiger partial charge in [-0.15, -0.1) is 0 Å². The zero-order chi connectivity index (χ0) is 15.7. The molecule has 2 aromatic carbocycles. The summed E-state index contributed by atoms with van der Waals surface area (Å²) < 4.78 is 4.90. The van der Waals surface area contributed by atoms with Crippen molar-refractivity contribution in [2.24, 2.45) is 0 Å². The molecule has 0 saturated heterocycles. The van der Waals surface area contributed by atoms with Gasteiger partial charge in [-0.05, 0) is 22.3 Å². The summed E-state index contributed by atoms with van der Waals surface area (Å²) in [5.41, 5.74) is 4.27. The summed E-state index contributed by atoms with van der Waals surface area (Å²) in [6.45, 7) is 1.41. The van der Waals surface area contributed by atoms with Crippen molar-refractivity contribution in [3.8, 4) is 11.1 Å². The molecule has 0 aromatic heterocycles. The Labute approximate surface area is 129 Å². The number of hydrogen-bond acceptors (Lipinski definition) is 3. The van der Waals surface area contributed by atoms with Gasteiger partial charge in [-0.1, -0.05) is 48.5 Å². The number of amides is 1. The second-order valence-corrected chi connectivity index (χ2v) is 5.35. The number of benzene rings is 2. The molecule has 1 aliphatic carbocycles. The summed E-state index contributed by atoms with van der Waals surface area (Å²) in [5, 5.41) is 2.74. The first-order valence-corrected chi connectivity index (χ1v) is 7.16. The van der Waals surface area contributed by atoms with E-state index in [4.69, 9.17) is 4.74 Å². The molecular weight excluding hydrogens is 278 g/mol. The molecule has 1 amide bonds. The van der Waals surface area contributed by atoms with Crippen molar-refractivity contribution >= 4 is 11.9 Å². The lowest BCUT2D eigenvalue weighted by atomic mass is 9.89. The molecule has 22 heavy (non-hydrogen) atoms. The smallest absolute Gasteiger partial charge is 0.329 e. The van der Waals surface area contributed by atoms with Gasteiger partial charge < -0.3 is 10.1 Å². The van der Waals surface area contributed by atoms with Crippen LogP contribution in [0.2, 0.25) is 0 Å². The van der Waals surface area contributed by atoms with Crippen LogP contribution in [-0.2, 0) is 14.3 Å². The number of ether oxygens (including phenoxy) is 1. The second kappa shape index (κ2) is 5.64. The summed E-state index contributed by atoms with van der Waals surface area (Å²) in [4.78, 5) is 23.8. The summed E-state index contributed by atoms with van der Waals surface area (Å²) in [7, 11) is 1.34. The Balaban J connectivity index is 2.16. The number of methoxy groups -OCH3 is 1. The third-order valence-corrected chi connectivity index (χ3v) is 4.03. The van der Waals surface area contributed by atoms with Gasteiger partial charge in [0, 0.05) is 12.8 Å². The topological polar surface area (TPSA) is 55.4 Å². The first-order valence-electron chi connectivity index (χ1n) is 7.16.